The van der Waals surface area contributed by atoms with Crippen molar-refractivity contribution >= 4 is 33.3 Å². The summed E-state index contributed by atoms with van der Waals surface area (Å²) in [6, 6.07) is 13.4. The third-order valence-electron chi connectivity index (χ3n) is 10.2. The van der Waals surface area contributed by atoms with Crippen LogP contribution < -0.4 is 31.0 Å². The van der Waals surface area contributed by atoms with E-state index in [4.69, 9.17) is 4.74 Å². The molecular weight excluding hydrogens is 569 g/mol. The van der Waals surface area contributed by atoms with Gasteiger partial charge in [0.15, 0.2) is 17.3 Å². The standard InChI is InChI=1S/C36H40FN5O3/c1-35(2)15-23(16-36(3,4)40-35)39-34(44)25-18-42-28-12-20-8-5-6-9-21(20)13-29(28)45-33-30(42)24(32(25)43)14-26(37)31(33)41-17-22-10-7-11-38-27(22)19-41/h5-6,8-9,12-14,18,22-23,27,38,40H,7,10-11,15-17,19H2,1-4H3,(H,39,44). The van der Waals surface area contributed by atoms with Crippen LogP contribution >= 0.6 is 0 Å². The molecule has 0 spiro atoms. The second kappa shape index (κ2) is 10.0. The Bertz CT molecular complexity index is 1920. The Morgan fingerprint density at radius 2 is 1.78 bits per heavy atom. The highest BCUT2D eigenvalue weighted by Gasteiger charge is 2.40. The molecule has 45 heavy (non-hydrogen) atoms. The number of halogens is 1. The summed E-state index contributed by atoms with van der Waals surface area (Å²) in [5.74, 6) is 0.361. The number of pyridine rings is 1. The SMILES string of the molecule is CC1(C)CC(NC(=O)c2cn3c4c(c(N5CC6CCCNC6C5)c(F)cc4c2=O)Oc2cc4ccccc4cc2-3)CC(C)(C)N1. The predicted molar refractivity (Wildman–Crippen MR) is 176 cm³/mol. The number of anilines is 1. The molecule has 9 heteroatoms. The van der Waals surface area contributed by atoms with Gasteiger partial charge in [-0.15, -0.1) is 0 Å². The predicted octanol–water partition coefficient (Wildman–Crippen LogP) is 5.62. The fraction of sp³-hybridized carbons (Fsp3) is 0.444. The molecule has 0 saturated carbocycles. The molecule has 8 nitrogen and oxygen atoms in total. The van der Waals surface area contributed by atoms with Crippen LogP contribution in [0.2, 0.25) is 0 Å². The molecule has 2 atom stereocenters. The number of carbonyl (C=O) groups is 1. The van der Waals surface area contributed by atoms with E-state index in [0.29, 0.717) is 53.4 Å². The quantitative estimate of drug-likeness (QED) is 0.246. The minimum atomic E-state index is -0.511. The topological polar surface area (TPSA) is 87.6 Å². The van der Waals surface area contributed by atoms with Gasteiger partial charge in [0.25, 0.3) is 5.91 Å². The summed E-state index contributed by atoms with van der Waals surface area (Å²) in [4.78, 5) is 30.1. The summed E-state index contributed by atoms with van der Waals surface area (Å²) in [6.45, 7) is 10.8. The second-order valence-electron chi connectivity index (χ2n) is 14.8. The summed E-state index contributed by atoms with van der Waals surface area (Å²) < 4.78 is 24.8. The Labute approximate surface area is 261 Å². The maximum Gasteiger partial charge on any atom is 0.257 e. The van der Waals surface area contributed by atoms with Crippen molar-refractivity contribution in [1.82, 2.24) is 20.5 Å². The van der Waals surface area contributed by atoms with E-state index in [-0.39, 0.29) is 28.1 Å². The number of nitrogens with zero attached hydrogens (tertiary/aromatic N) is 2. The number of ether oxygens (including phenoxy) is 1. The molecule has 4 aliphatic rings. The lowest BCUT2D eigenvalue weighted by molar-refractivity contribution is 0.0871. The first-order valence-electron chi connectivity index (χ1n) is 16.2. The van der Waals surface area contributed by atoms with Gasteiger partial charge >= 0.3 is 0 Å². The minimum Gasteiger partial charge on any atom is -0.451 e. The molecule has 3 fully saturated rings. The molecule has 4 aromatic rings. The van der Waals surface area contributed by atoms with Crippen molar-refractivity contribution in [2.45, 2.75) is 76.5 Å². The molecule has 1 amide bonds. The van der Waals surface area contributed by atoms with Gasteiger partial charge in [-0.05, 0) is 94.8 Å². The lowest BCUT2D eigenvalue weighted by Gasteiger charge is -2.46. The number of fused-ring (bicyclic) bond motifs is 4. The van der Waals surface area contributed by atoms with Crippen molar-refractivity contribution in [1.29, 1.82) is 0 Å². The van der Waals surface area contributed by atoms with Crippen molar-refractivity contribution in [2.24, 2.45) is 5.92 Å². The van der Waals surface area contributed by atoms with E-state index in [1.54, 1.807) is 6.20 Å². The fourth-order valence-corrected chi connectivity index (χ4v) is 8.66. The molecule has 2 unspecified atom stereocenters. The Kier molecular flexibility index (Phi) is 6.35. The zero-order valence-electron chi connectivity index (χ0n) is 26.3. The van der Waals surface area contributed by atoms with Crippen LogP contribution in [-0.4, -0.2) is 53.3 Å². The molecule has 5 heterocycles. The van der Waals surface area contributed by atoms with Gasteiger partial charge in [-0.25, -0.2) is 4.39 Å². The van der Waals surface area contributed by atoms with Gasteiger partial charge in [0, 0.05) is 42.4 Å². The van der Waals surface area contributed by atoms with Gasteiger partial charge in [0.2, 0.25) is 5.43 Å². The Morgan fingerprint density at radius 3 is 2.51 bits per heavy atom. The Balaban J connectivity index is 1.29. The number of piperidine rings is 2. The average Bonchev–Trinajstić information content (AvgIpc) is 3.39. The maximum absolute atomic E-state index is 16.3. The van der Waals surface area contributed by atoms with Crippen LogP contribution in [0.4, 0.5) is 10.1 Å². The van der Waals surface area contributed by atoms with Crippen LogP contribution in [0.15, 0.2) is 53.5 Å². The highest BCUT2D eigenvalue weighted by Crippen LogP contribution is 2.48. The normalized spacial score (nSPS) is 23.4. The van der Waals surface area contributed by atoms with Crippen molar-refractivity contribution in [2.75, 3.05) is 24.5 Å². The van der Waals surface area contributed by atoms with Crippen molar-refractivity contribution in [3.8, 4) is 17.2 Å². The summed E-state index contributed by atoms with van der Waals surface area (Å²) in [5.41, 5.74) is 0.704. The van der Waals surface area contributed by atoms with Crippen LogP contribution in [0.5, 0.6) is 11.5 Å². The van der Waals surface area contributed by atoms with Crippen molar-refractivity contribution in [3.05, 3.63) is 70.3 Å². The Morgan fingerprint density at radius 1 is 1.04 bits per heavy atom. The summed E-state index contributed by atoms with van der Waals surface area (Å²) in [7, 11) is 0. The monoisotopic (exact) mass is 609 g/mol. The molecule has 0 radical (unpaired) electrons. The number of hydrogen-bond acceptors (Lipinski definition) is 6. The van der Waals surface area contributed by atoms with E-state index in [1.807, 2.05) is 41.0 Å². The van der Waals surface area contributed by atoms with E-state index in [9.17, 15) is 9.59 Å². The number of amides is 1. The zero-order chi connectivity index (χ0) is 31.2. The van der Waals surface area contributed by atoms with E-state index in [0.717, 1.165) is 43.0 Å². The maximum atomic E-state index is 16.3. The van der Waals surface area contributed by atoms with E-state index in [1.165, 1.54) is 6.07 Å². The number of rotatable bonds is 3. The molecule has 3 N–H and O–H groups in total. The molecule has 8 rings (SSSR count). The molecule has 0 bridgehead atoms. The highest BCUT2D eigenvalue weighted by atomic mass is 19.1. The Hall–Kier alpha value is -3.95. The van der Waals surface area contributed by atoms with Crippen molar-refractivity contribution < 1.29 is 13.9 Å². The minimum absolute atomic E-state index is 0.00727. The van der Waals surface area contributed by atoms with Crippen LogP contribution in [-0.2, 0) is 0 Å². The number of nitrogens with one attached hydrogen (secondary N) is 3. The third-order valence-corrected chi connectivity index (χ3v) is 10.2. The zero-order valence-corrected chi connectivity index (χ0v) is 26.3. The number of aromatic nitrogens is 1. The summed E-state index contributed by atoms with van der Waals surface area (Å²) in [5, 5.41) is 12.5. The van der Waals surface area contributed by atoms with Gasteiger partial charge < -0.3 is 30.2 Å². The molecule has 4 aliphatic heterocycles. The average molecular weight is 610 g/mol. The van der Waals surface area contributed by atoms with Gasteiger partial charge in [0.05, 0.1) is 11.1 Å². The summed E-state index contributed by atoms with van der Waals surface area (Å²) in [6.07, 6.45) is 5.28. The van der Waals surface area contributed by atoms with Gasteiger partial charge in [-0.1, -0.05) is 24.3 Å². The van der Waals surface area contributed by atoms with Gasteiger partial charge in [-0.2, -0.15) is 0 Å². The van der Waals surface area contributed by atoms with E-state index >= 15 is 4.39 Å². The van der Waals surface area contributed by atoms with Crippen LogP contribution in [0.25, 0.3) is 27.4 Å². The number of carbonyl (C=O) groups excluding carboxylic acids is 1. The molecular formula is C36H40FN5O3. The molecule has 1 aromatic heterocycles. The van der Waals surface area contributed by atoms with Crippen LogP contribution in [0.3, 0.4) is 0 Å². The number of hydrogen-bond donors (Lipinski definition) is 3. The van der Waals surface area contributed by atoms with Crippen LogP contribution in [0.1, 0.15) is 63.7 Å². The van der Waals surface area contributed by atoms with Gasteiger partial charge in [0.1, 0.15) is 16.8 Å². The molecule has 3 aromatic carbocycles. The molecule has 3 saturated heterocycles. The first-order chi connectivity index (χ1) is 21.5. The number of benzene rings is 3. The second-order valence-corrected chi connectivity index (χ2v) is 14.8. The largest absolute Gasteiger partial charge is 0.451 e. The first kappa shape index (κ1) is 28.5. The fourth-order valence-electron chi connectivity index (χ4n) is 8.66. The summed E-state index contributed by atoms with van der Waals surface area (Å²) >= 11 is 0. The van der Waals surface area contributed by atoms with Gasteiger partial charge in [-0.3, -0.25) is 9.59 Å². The first-order valence-corrected chi connectivity index (χ1v) is 16.2. The lowest BCUT2D eigenvalue weighted by atomic mass is 9.79. The molecule has 234 valence electrons. The smallest absolute Gasteiger partial charge is 0.257 e. The van der Waals surface area contributed by atoms with E-state index in [2.05, 4.69) is 48.5 Å². The van der Waals surface area contributed by atoms with Crippen molar-refractivity contribution in [3.63, 3.8) is 0 Å². The van der Waals surface area contributed by atoms with Crippen LogP contribution in [0, 0.1) is 11.7 Å². The highest BCUT2D eigenvalue weighted by molar-refractivity contribution is 6.02. The third kappa shape index (κ3) is 4.79. The molecule has 0 aliphatic carbocycles. The van der Waals surface area contributed by atoms with E-state index < -0.39 is 17.2 Å². The lowest BCUT2D eigenvalue weighted by Crippen LogP contribution is -2.62.